The molecule has 1 heterocycles. The van der Waals surface area contributed by atoms with Gasteiger partial charge in [0.1, 0.15) is 17.4 Å². The van der Waals surface area contributed by atoms with Crippen molar-refractivity contribution in [3.05, 3.63) is 59.1 Å². The number of para-hydroxylation sites is 1. The smallest absolute Gasteiger partial charge is 0.319 e. The van der Waals surface area contributed by atoms with Crippen molar-refractivity contribution in [3.8, 4) is 5.75 Å². The van der Waals surface area contributed by atoms with Crippen molar-refractivity contribution in [2.24, 2.45) is 0 Å². The quantitative estimate of drug-likeness (QED) is 0.598. The highest BCUT2D eigenvalue weighted by Gasteiger charge is 2.19. The number of hydrogen-bond donors (Lipinski definition) is 1. The van der Waals surface area contributed by atoms with E-state index in [9.17, 15) is 9.90 Å². The van der Waals surface area contributed by atoms with Gasteiger partial charge in [-0.05, 0) is 43.7 Å². The van der Waals surface area contributed by atoms with Crippen LogP contribution in [0.15, 0.2) is 48.5 Å². The van der Waals surface area contributed by atoms with Crippen LogP contribution in [0, 0.1) is 0 Å². The second-order valence-corrected chi connectivity index (χ2v) is 7.90. The summed E-state index contributed by atoms with van der Waals surface area (Å²) < 4.78 is 7.02. The standard InChI is InChI=1S/C22H27N3O3S/c1-4-25(5-2)22(27)24(3)14-19(26)16-9-8-10-17(13-16)28-15-21-23-18-11-6-7-12-20(18)29-21/h6-13,19,26H,4-5,14-15H2,1-3H3/t19-/m0/s1. The number of amides is 2. The number of urea groups is 1. The molecule has 0 fully saturated rings. The van der Waals surface area contributed by atoms with Crippen LogP contribution in [0.2, 0.25) is 0 Å². The van der Waals surface area contributed by atoms with Crippen LogP contribution in [-0.4, -0.2) is 52.6 Å². The lowest BCUT2D eigenvalue weighted by Crippen LogP contribution is -2.42. The van der Waals surface area contributed by atoms with Crippen molar-refractivity contribution in [2.45, 2.75) is 26.6 Å². The predicted molar refractivity (Wildman–Crippen MR) is 116 cm³/mol. The fourth-order valence-electron chi connectivity index (χ4n) is 3.12. The average Bonchev–Trinajstić information content (AvgIpc) is 3.16. The Morgan fingerprint density at radius 3 is 2.66 bits per heavy atom. The molecule has 2 amide bonds. The largest absolute Gasteiger partial charge is 0.486 e. The van der Waals surface area contributed by atoms with Crippen LogP contribution in [0.4, 0.5) is 4.79 Å². The molecule has 7 heteroatoms. The van der Waals surface area contributed by atoms with E-state index in [4.69, 9.17) is 4.74 Å². The first kappa shape index (κ1) is 21.1. The van der Waals surface area contributed by atoms with E-state index in [2.05, 4.69) is 4.98 Å². The maximum absolute atomic E-state index is 12.4. The Bertz CT molecular complexity index is 922. The maximum Gasteiger partial charge on any atom is 0.319 e. The molecule has 0 aliphatic rings. The van der Waals surface area contributed by atoms with Crippen molar-refractivity contribution in [2.75, 3.05) is 26.7 Å². The Morgan fingerprint density at radius 2 is 1.93 bits per heavy atom. The zero-order chi connectivity index (χ0) is 20.8. The van der Waals surface area contributed by atoms with Crippen LogP contribution in [0.1, 0.15) is 30.5 Å². The molecule has 1 atom stereocenters. The van der Waals surface area contributed by atoms with Gasteiger partial charge in [-0.15, -0.1) is 11.3 Å². The van der Waals surface area contributed by atoms with E-state index in [1.807, 2.05) is 62.4 Å². The van der Waals surface area contributed by atoms with Gasteiger partial charge in [-0.25, -0.2) is 9.78 Å². The third kappa shape index (κ3) is 5.25. The van der Waals surface area contributed by atoms with E-state index >= 15 is 0 Å². The van der Waals surface area contributed by atoms with Gasteiger partial charge >= 0.3 is 6.03 Å². The highest BCUT2D eigenvalue weighted by atomic mass is 32.1. The average molecular weight is 414 g/mol. The lowest BCUT2D eigenvalue weighted by Gasteiger charge is -2.27. The monoisotopic (exact) mass is 413 g/mol. The summed E-state index contributed by atoms with van der Waals surface area (Å²) in [4.78, 5) is 20.2. The molecule has 0 saturated carbocycles. The number of hydrogen-bond acceptors (Lipinski definition) is 5. The summed E-state index contributed by atoms with van der Waals surface area (Å²) in [5.74, 6) is 0.665. The number of ether oxygens (including phenoxy) is 1. The zero-order valence-corrected chi connectivity index (χ0v) is 17.9. The molecule has 154 valence electrons. The molecule has 0 unspecified atom stereocenters. The molecule has 0 spiro atoms. The van der Waals surface area contributed by atoms with Crippen molar-refractivity contribution in [1.82, 2.24) is 14.8 Å². The molecule has 0 radical (unpaired) electrons. The van der Waals surface area contributed by atoms with Crippen molar-refractivity contribution < 1.29 is 14.6 Å². The Hall–Kier alpha value is -2.64. The number of thiazole rings is 1. The minimum atomic E-state index is -0.787. The molecule has 0 aliphatic heterocycles. The molecule has 0 aliphatic carbocycles. The Morgan fingerprint density at radius 1 is 1.17 bits per heavy atom. The molecule has 1 N–H and O–H groups in total. The van der Waals surface area contributed by atoms with Gasteiger partial charge in [-0.1, -0.05) is 24.3 Å². The molecule has 2 aromatic carbocycles. The lowest BCUT2D eigenvalue weighted by molar-refractivity contribution is 0.115. The lowest BCUT2D eigenvalue weighted by atomic mass is 10.1. The number of benzene rings is 2. The molecule has 0 saturated heterocycles. The fourth-order valence-corrected chi connectivity index (χ4v) is 4.00. The van der Waals surface area contributed by atoms with Gasteiger partial charge in [0.25, 0.3) is 0 Å². The number of carbonyl (C=O) groups is 1. The number of aromatic nitrogens is 1. The molecule has 0 bridgehead atoms. The predicted octanol–water partition coefficient (Wildman–Crippen LogP) is 4.30. The summed E-state index contributed by atoms with van der Waals surface area (Å²) in [7, 11) is 1.71. The highest BCUT2D eigenvalue weighted by Crippen LogP contribution is 2.24. The fraction of sp³-hybridized carbons (Fsp3) is 0.364. The molecule has 3 rings (SSSR count). The van der Waals surface area contributed by atoms with Crippen molar-refractivity contribution in [1.29, 1.82) is 0 Å². The third-order valence-corrected chi connectivity index (χ3v) is 5.76. The van der Waals surface area contributed by atoms with Gasteiger partial charge in [0.05, 0.1) is 22.9 Å². The molecule has 29 heavy (non-hydrogen) atoms. The van der Waals surface area contributed by atoms with Crippen molar-refractivity contribution in [3.63, 3.8) is 0 Å². The van der Waals surface area contributed by atoms with Gasteiger partial charge in [-0.3, -0.25) is 0 Å². The van der Waals surface area contributed by atoms with Crippen LogP contribution in [-0.2, 0) is 6.61 Å². The number of rotatable bonds is 8. The Kier molecular flexibility index (Phi) is 7.06. The van der Waals surface area contributed by atoms with Crippen LogP contribution in [0.5, 0.6) is 5.75 Å². The number of aliphatic hydroxyl groups is 1. The number of aliphatic hydroxyl groups excluding tert-OH is 1. The summed E-state index contributed by atoms with van der Waals surface area (Å²) in [6, 6.07) is 15.3. The molecule has 3 aromatic rings. The van der Waals surface area contributed by atoms with Crippen LogP contribution in [0.3, 0.4) is 0 Å². The molecular weight excluding hydrogens is 386 g/mol. The van der Waals surface area contributed by atoms with Gasteiger partial charge < -0.3 is 19.6 Å². The first-order valence-corrected chi connectivity index (χ1v) is 10.6. The summed E-state index contributed by atoms with van der Waals surface area (Å²) in [5.41, 5.74) is 1.69. The topological polar surface area (TPSA) is 65.9 Å². The van der Waals surface area contributed by atoms with E-state index in [0.29, 0.717) is 31.0 Å². The van der Waals surface area contributed by atoms with Gasteiger partial charge in [0.2, 0.25) is 0 Å². The van der Waals surface area contributed by atoms with E-state index in [1.165, 1.54) is 0 Å². The number of carbonyl (C=O) groups excluding carboxylic acids is 1. The summed E-state index contributed by atoms with van der Waals surface area (Å²) in [6.45, 7) is 5.77. The number of nitrogens with zero attached hydrogens (tertiary/aromatic N) is 3. The SMILES string of the molecule is CCN(CC)C(=O)N(C)C[C@H](O)c1cccc(OCc2nc3ccccc3s2)c1. The van der Waals surface area contributed by atoms with Gasteiger partial charge in [-0.2, -0.15) is 0 Å². The minimum Gasteiger partial charge on any atom is -0.486 e. The first-order valence-electron chi connectivity index (χ1n) is 9.77. The third-order valence-electron chi connectivity index (χ3n) is 4.75. The summed E-state index contributed by atoms with van der Waals surface area (Å²) >= 11 is 1.61. The van der Waals surface area contributed by atoms with Gasteiger partial charge in [0.15, 0.2) is 0 Å². The molecule has 1 aromatic heterocycles. The Labute approximate surface area is 175 Å². The van der Waals surface area contributed by atoms with E-state index in [-0.39, 0.29) is 12.6 Å². The number of fused-ring (bicyclic) bond motifs is 1. The van der Waals surface area contributed by atoms with E-state index in [0.717, 1.165) is 15.2 Å². The van der Waals surface area contributed by atoms with Crippen LogP contribution < -0.4 is 4.74 Å². The Balaban J connectivity index is 1.61. The van der Waals surface area contributed by atoms with Crippen LogP contribution >= 0.6 is 11.3 Å². The van der Waals surface area contributed by atoms with E-state index < -0.39 is 6.10 Å². The summed E-state index contributed by atoms with van der Waals surface area (Å²) in [5, 5.41) is 11.5. The maximum atomic E-state index is 12.4. The molecule has 6 nitrogen and oxygen atoms in total. The van der Waals surface area contributed by atoms with Gasteiger partial charge in [0, 0.05) is 20.1 Å². The highest BCUT2D eigenvalue weighted by molar-refractivity contribution is 7.18. The first-order chi connectivity index (χ1) is 14.0. The van der Waals surface area contributed by atoms with Crippen LogP contribution in [0.25, 0.3) is 10.2 Å². The number of likely N-dealkylation sites (N-methyl/N-ethyl adjacent to an activating group) is 1. The molecular formula is C22H27N3O3S. The van der Waals surface area contributed by atoms with E-state index in [1.54, 1.807) is 28.2 Å². The second kappa shape index (κ2) is 9.71. The normalized spacial score (nSPS) is 12.0. The zero-order valence-electron chi connectivity index (χ0n) is 17.0. The van der Waals surface area contributed by atoms with Crippen molar-refractivity contribution >= 4 is 27.6 Å². The second-order valence-electron chi connectivity index (χ2n) is 6.79. The minimum absolute atomic E-state index is 0.0858. The summed E-state index contributed by atoms with van der Waals surface area (Å²) in [6.07, 6.45) is -0.787.